The van der Waals surface area contributed by atoms with E-state index in [-0.39, 0.29) is 17.6 Å². The zero-order chi connectivity index (χ0) is 21.1. The first-order valence-electron chi connectivity index (χ1n) is 9.14. The molecule has 150 valence electrons. The van der Waals surface area contributed by atoms with Crippen molar-refractivity contribution in [3.63, 3.8) is 0 Å². The summed E-state index contributed by atoms with van der Waals surface area (Å²) >= 11 is 0. The van der Waals surface area contributed by atoms with E-state index in [9.17, 15) is 19.7 Å². The third-order valence-corrected chi connectivity index (χ3v) is 4.54. The van der Waals surface area contributed by atoms with Gasteiger partial charge in [-0.15, -0.1) is 0 Å². The highest BCUT2D eigenvalue weighted by Crippen LogP contribution is 2.30. The summed E-state index contributed by atoms with van der Waals surface area (Å²) < 4.78 is 0. The van der Waals surface area contributed by atoms with Crippen LogP contribution < -0.4 is 10.6 Å². The van der Waals surface area contributed by atoms with Crippen LogP contribution in [0.25, 0.3) is 11.1 Å². The summed E-state index contributed by atoms with van der Waals surface area (Å²) in [6, 6.07) is 7.55. The maximum absolute atomic E-state index is 12.7. The van der Waals surface area contributed by atoms with Gasteiger partial charge in [-0.25, -0.2) is 4.98 Å². The Labute approximate surface area is 170 Å². The molecule has 0 unspecified atom stereocenters. The Balaban J connectivity index is 1.54. The minimum absolute atomic E-state index is 0.0255. The second-order valence-electron chi connectivity index (χ2n) is 6.73. The molecule has 2 amide bonds. The van der Waals surface area contributed by atoms with Gasteiger partial charge in [0.15, 0.2) is 0 Å². The number of nitro groups is 1. The minimum atomic E-state index is -0.581. The fourth-order valence-electron chi connectivity index (χ4n) is 2.81. The lowest BCUT2D eigenvalue weighted by Crippen LogP contribution is -2.16. The first kappa shape index (κ1) is 19.1. The normalized spacial score (nSPS) is 12.8. The van der Waals surface area contributed by atoms with Gasteiger partial charge in [-0.05, 0) is 47.0 Å². The highest BCUT2D eigenvalue weighted by molar-refractivity contribution is 6.06. The molecule has 0 saturated heterocycles. The fraction of sp³-hybridized carbons (Fsp3) is 0.150. The summed E-state index contributed by atoms with van der Waals surface area (Å²) in [5.74, 6) is -0.442. The molecular formula is C20H16N6O4. The van der Waals surface area contributed by atoms with Crippen LogP contribution in [0.15, 0.2) is 55.1 Å². The Morgan fingerprint density at radius 3 is 2.57 bits per heavy atom. The number of hydrogen-bond donors (Lipinski definition) is 2. The van der Waals surface area contributed by atoms with Crippen LogP contribution in [-0.4, -0.2) is 31.7 Å². The predicted molar refractivity (Wildman–Crippen MR) is 108 cm³/mol. The monoisotopic (exact) mass is 404 g/mol. The Kier molecular flexibility index (Phi) is 5.12. The number of rotatable bonds is 6. The number of pyridine rings is 3. The number of nitrogens with one attached hydrogen (secondary N) is 2. The smallest absolute Gasteiger partial charge is 0.358 e. The number of nitrogens with zero attached hydrogens (tertiary/aromatic N) is 4. The number of aromatic nitrogens is 3. The molecule has 1 saturated carbocycles. The summed E-state index contributed by atoms with van der Waals surface area (Å²) in [5.41, 5.74) is 1.92. The second kappa shape index (κ2) is 8.03. The maximum atomic E-state index is 12.7. The van der Waals surface area contributed by atoms with Crippen molar-refractivity contribution in [2.75, 3.05) is 10.6 Å². The van der Waals surface area contributed by atoms with E-state index in [1.165, 1.54) is 36.8 Å². The lowest BCUT2D eigenvalue weighted by molar-refractivity contribution is -0.389. The van der Waals surface area contributed by atoms with Crippen molar-refractivity contribution >= 4 is 29.1 Å². The van der Waals surface area contributed by atoms with Crippen LogP contribution in [0.5, 0.6) is 0 Å². The highest BCUT2D eigenvalue weighted by Gasteiger charge is 2.29. The number of carbonyl (C=O) groups is 2. The molecular weight excluding hydrogens is 388 g/mol. The summed E-state index contributed by atoms with van der Waals surface area (Å²) in [7, 11) is 0. The molecule has 3 heterocycles. The Hall–Kier alpha value is -4.21. The molecule has 4 rings (SSSR count). The van der Waals surface area contributed by atoms with Crippen molar-refractivity contribution in [3.8, 4) is 11.1 Å². The lowest BCUT2D eigenvalue weighted by Gasteiger charge is -2.11. The van der Waals surface area contributed by atoms with Gasteiger partial charge in [0.1, 0.15) is 12.0 Å². The third-order valence-electron chi connectivity index (χ3n) is 4.54. The third kappa shape index (κ3) is 4.27. The average Bonchev–Trinajstić information content (AvgIpc) is 3.60. The van der Waals surface area contributed by atoms with Crippen LogP contribution in [0.4, 0.5) is 17.3 Å². The molecule has 3 aromatic rings. The van der Waals surface area contributed by atoms with Crippen LogP contribution in [0.3, 0.4) is 0 Å². The standard InChI is InChI=1S/C20H16N6O4/c27-19(12-1-2-12)25-17-9-13(5-8-22-17)20(28)24-16-11-21-7-6-15(16)14-3-4-18(23-10-14)26(29)30/h3-12H,1-2H2,(H,24,28)(H,22,25,27). The van der Waals surface area contributed by atoms with E-state index in [1.54, 1.807) is 18.3 Å². The zero-order valence-electron chi connectivity index (χ0n) is 15.6. The van der Waals surface area contributed by atoms with Gasteiger partial charge in [0.25, 0.3) is 5.91 Å². The molecule has 0 spiro atoms. The second-order valence-corrected chi connectivity index (χ2v) is 6.73. The van der Waals surface area contributed by atoms with E-state index < -0.39 is 10.8 Å². The summed E-state index contributed by atoms with van der Waals surface area (Å²) in [5, 5.41) is 16.3. The highest BCUT2D eigenvalue weighted by atomic mass is 16.6. The number of hydrogen-bond acceptors (Lipinski definition) is 7. The minimum Gasteiger partial charge on any atom is -0.358 e. The quantitative estimate of drug-likeness (QED) is 0.475. The zero-order valence-corrected chi connectivity index (χ0v) is 15.6. The van der Waals surface area contributed by atoms with Crippen molar-refractivity contribution in [3.05, 3.63) is 70.8 Å². The molecule has 0 bridgehead atoms. The average molecular weight is 404 g/mol. The van der Waals surface area contributed by atoms with Crippen molar-refractivity contribution in [1.82, 2.24) is 15.0 Å². The van der Waals surface area contributed by atoms with Gasteiger partial charge in [0, 0.05) is 41.1 Å². The van der Waals surface area contributed by atoms with Crippen LogP contribution in [0.2, 0.25) is 0 Å². The SMILES string of the molecule is O=C(Nc1cnccc1-c1ccc([N+](=O)[O-])nc1)c1ccnc(NC(=O)C2CC2)c1. The van der Waals surface area contributed by atoms with Crippen molar-refractivity contribution in [2.45, 2.75) is 12.8 Å². The molecule has 10 heteroatoms. The molecule has 0 radical (unpaired) electrons. The van der Waals surface area contributed by atoms with Crippen LogP contribution >= 0.6 is 0 Å². The van der Waals surface area contributed by atoms with Gasteiger partial charge in [0.05, 0.1) is 11.9 Å². The van der Waals surface area contributed by atoms with E-state index in [0.717, 1.165) is 12.8 Å². The van der Waals surface area contributed by atoms with E-state index in [2.05, 4.69) is 25.6 Å². The van der Waals surface area contributed by atoms with Crippen molar-refractivity contribution in [1.29, 1.82) is 0 Å². The van der Waals surface area contributed by atoms with Crippen LogP contribution in [0, 0.1) is 16.0 Å². The van der Waals surface area contributed by atoms with Gasteiger partial charge in [-0.1, -0.05) is 0 Å². The molecule has 0 atom stereocenters. The van der Waals surface area contributed by atoms with Crippen molar-refractivity contribution < 1.29 is 14.5 Å². The summed E-state index contributed by atoms with van der Waals surface area (Å²) in [6.07, 6.45) is 7.57. The number of carbonyl (C=O) groups excluding carboxylic acids is 2. The number of amides is 2. The molecule has 30 heavy (non-hydrogen) atoms. The maximum Gasteiger partial charge on any atom is 0.363 e. The van der Waals surface area contributed by atoms with Gasteiger partial charge >= 0.3 is 5.82 Å². The van der Waals surface area contributed by atoms with E-state index in [0.29, 0.717) is 28.2 Å². The molecule has 2 N–H and O–H groups in total. The molecule has 1 fully saturated rings. The number of anilines is 2. The van der Waals surface area contributed by atoms with Gasteiger partial charge in [0.2, 0.25) is 5.91 Å². The van der Waals surface area contributed by atoms with E-state index in [1.807, 2.05) is 0 Å². The largest absolute Gasteiger partial charge is 0.363 e. The van der Waals surface area contributed by atoms with Crippen molar-refractivity contribution in [2.24, 2.45) is 5.92 Å². The van der Waals surface area contributed by atoms with E-state index in [4.69, 9.17) is 0 Å². The first-order valence-corrected chi connectivity index (χ1v) is 9.14. The summed E-state index contributed by atoms with van der Waals surface area (Å²) in [4.78, 5) is 46.8. The molecule has 0 aliphatic heterocycles. The molecule has 3 aromatic heterocycles. The van der Waals surface area contributed by atoms with E-state index >= 15 is 0 Å². The fourth-order valence-corrected chi connectivity index (χ4v) is 2.81. The van der Waals surface area contributed by atoms with Gasteiger partial charge in [-0.3, -0.25) is 14.6 Å². The van der Waals surface area contributed by atoms with Gasteiger partial charge in [-0.2, -0.15) is 0 Å². The Morgan fingerprint density at radius 2 is 1.87 bits per heavy atom. The predicted octanol–water partition coefficient (Wildman–Crippen LogP) is 3.05. The molecule has 0 aromatic carbocycles. The molecule has 1 aliphatic carbocycles. The van der Waals surface area contributed by atoms with Crippen LogP contribution in [0.1, 0.15) is 23.2 Å². The molecule has 1 aliphatic rings. The Bertz CT molecular complexity index is 1130. The topological polar surface area (TPSA) is 140 Å². The van der Waals surface area contributed by atoms with Crippen LogP contribution in [-0.2, 0) is 4.79 Å². The first-order chi connectivity index (χ1) is 14.5. The summed E-state index contributed by atoms with van der Waals surface area (Å²) in [6.45, 7) is 0. The Morgan fingerprint density at radius 1 is 1.03 bits per heavy atom. The van der Waals surface area contributed by atoms with Gasteiger partial charge < -0.3 is 20.7 Å². The lowest BCUT2D eigenvalue weighted by atomic mass is 10.1. The molecule has 10 nitrogen and oxygen atoms in total.